The fourth-order valence-corrected chi connectivity index (χ4v) is 3.72. The van der Waals surface area contributed by atoms with Crippen molar-refractivity contribution in [1.29, 1.82) is 5.26 Å². The first kappa shape index (κ1) is 24.5. The van der Waals surface area contributed by atoms with Crippen molar-refractivity contribution in [1.82, 2.24) is 0 Å². The highest BCUT2D eigenvalue weighted by atomic mass is 127. The van der Waals surface area contributed by atoms with E-state index >= 15 is 0 Å². The van der Waals surface area contributed by atoms with Crippen molar-refractivity contribution in [2.75, 3.05) is 12.4 Å². The first-order valence-corrected chi connectivity index (χ1v) is 10.8. The lowest BCUT2D eigenvalue weighted by Crippen LogP contribution is -2.13. The number of carbonyl (C=O) groups excluding carboxylic acids is 1. The lowest BCUT2D eigenvalue weighted by Gasteiger charge is -2.14. The van der Waals surface area contributed by atoms with Gasteiger partial charge in [-0.15, -0.1) is 0 Å². The third kappa shape index (κ3) is 6.02. The largest absolute Gasteiger partial charge is 0.506 e. The number of hydrogen-bond donors (Lipinski definition) is 2. The van der Waals surface area contributed by atoms with Gasteiger partial charge in [-0.3, -0.25) is 14.9 Å². The van der Waals surface area contributed by atoms with Gasteiger partial charge in [0.15, 0.2) is 11.5 Å². The Hall–Kier alpha value is -4.11. The van der Waals surface area contributed by atoms with Gasteiger partial charge >= 0.3 is 0 Å². The minimum Gasteiger partial charge on any atom is -0.506 e. The molecule has 0 aliphatic carbocycles. The number of rotatable bonds is 8. The number of phenols is 1. The number of benzene rings is 3. The molecule has 0 fully saturated rings. The van der Waals surface area contributed by atoms with Gasteiger partial charge in [0.25, 0.3) is 11.6 Å². The van der Waals surface area contributed by atoms with Crippen LogP contribution in [-0.4, -0.2) is 23.0 Å². The minimum absolute atomic E-state index is 0.0615. The summed E-state index contributed by atoms with van der Waals surface area (Å²) in [6.45, 7) is 0.340. The molecule has 3 aromatic rings. The van der Waals surface area contributed by atoms with Gasteiger partial charge in [-0.1, -0.05) is 30.3 Å². The van der Waals surface area contributed by atoms with Crippen LogP contribution in [0.4, 0.5) is 11.4 Å². The lowest BCUT2D eigenvalue weighted by molar-refractivity contribution is -0.384. The molecule has 0 bridgehead atoms. The Morgan fingerprint density at radius 1 is 1.24 bits per heavy atom. The number of non-ortho nitro benzene ring substituents is 1. The molecule has 3 aromatic carbocycles. The predicted octanol–water partition coefficient (Wildman–Crippen LogP) is 5.04. The SMILES string of the molecule is COc1cc(/C=C(/C#N)C(=O)Nc2ccc([N+](=O)[O-])cc2O)cc(I)c1OCc1ccccc1. The van der Waals surface area contributed by atoms with Crippen LogP contribution in [0, 0.1) is 25.0 Å². The van der Waals surface area contributed by atoms with Gasteiger partial charge in [0.05, 0.1) is 27.4 Å². The molecule has 0 spiro atoms. The van der Waals surface area contributed by atoms with Crippen LogP contribution in [0.3, 0.4) is 0 Å². The molecule has 2 N–H and O–H groups in total. The molecule has 0 aliphatic rings. The number of nitro groups is 1. The number of anilines is 1. The molecule has 0 aromatic heterocycles. The maximum atomic E-state index is 12.6. The second kappa shape index (κ2) is 11.2. The van der Waals surface area contributed by atoms with Gasteiger partial charge in [0, 0.05) is 6.07 Å². The van der Waals surface area contributed by atoms with Gasteiger partial charge in [-0.2, -0.15) is 5.26 Å². The van der Waals surface area contributed by atoms with E-state index < -0.39 is 16.6 Å². The Morgan fingerprint density at radius 2 is 1.97 bits per heavy atom. The summed E-state index contributed by atoms with van der Waals surface area (Å²) in [5.41, 5.74) is 0.875. The number of hydrogen-bond acceptors (Lipinski definition) is 7. The van der Waals surface area contributed by atoms with Crippen LogP contribution in [0.15, 0.2) is 66.2 Å². The average molecular weight is 571 g/mol. The van der Waals surface area contributed by atoms with Crippen molar-refractivity contribution in [2.24, 2.45) is 0 Å². The summed E-state index contributed by atoms with van der Waals surface area (Å²) in [4.78, 5) is 22.7. The van der Waals surface area contributed by atoms with E-state index in [9.17, 15) is 25.3 Å². The first-order chi connectivity index (χ1) is 16.3. The van der Waals surface area contributed by atoms with Crippen molar-refractivity contribution in [2.45, 2.75) is 6.61 Å². The van der Waals surface area contributed by atoms with Crippen molar-refractivity contribution in [3.63, 3.8) is 0 Å². The second-order valence-corrected chi connectivity index (χ2v) is 8.05. The first-order valence-electron chi connectivity index (χ1n) is 9.77. The fraction of sp³-hybridized carbons (Fsp3) is 0.0833. The van der Waals surface area contributed by atoms with Crippen molar-refractivity contribution < 1.29 is 24.3 Å². The van der Waals surface area contributed by atoms with Gasteiger partial charge in [0.1, 0.15) is 24.0 Å². The molecule has 0 atom stereocenters. The number of amides is 1. The summed E-state index contributed by atoms with van der Waals surface area (Å²) in [5, 5.41) is 32.6. The maximum absolute atomic E-state index is 12.6. The summed E-state index contributed by atoms with van der Waals surface area (Å²) in [5.74, 6) is -0.316. The van der Waals surface area contributed by atoms with E-state index in [4.69, 9.17) is 9.47 Å². The number of nitrogens with one attached hydrogen (secondary N) is 1. The van der Waals surface area contributed by atoms with Crippen LogP contribution in [0.1, 0.15) is 11.1 Å². The van der Waals surface area contributed by atoms with E-state index in [1.807, 2.05) is 36.4 Å². The number of aromatic hydroxyl groups is 1. The number of carbonyl (C=O) groups is 1. The van der Waals surface area contributed by atoms with E-state index in [1.165, 1.54) is 19.3 Å². The van der Waals surface area contributed by atoms with Crippen molar-refractivity contribution >= 4 is 45.9 Å². The molecule has 9 nitrogen and oxygen atoms in total. The topological polar surface area (TPSA) is 135 Å². The maximum Gasteiger partial charge on any atom is 0.273 e. The Balaban J connectivity index is 1.82. The van der Waals surface area contributed by atoms with E-state index in [0.717, 1.165) is 17.7 Å². The number of nitrogens with zero attached hydrogens (tertiary/aromatic N) is 2. The zero-order chi connectivity index (χ0) is 24.7. The van der Waals surface area contributed by atoms with Gasteiger partial charge in [-0.25, -0.2) is 0 Å². The predicted molar refractivity (Wildman–Crippen MR) is 133 cm³/mol. The third-order valence-electron chi connectivity index (χ3n) is 4.59. The molecule has 34 heavy (non-hydrogen) atoms. The highest BCUT2D eigenvalue weighted by molar-refractivity contribution is 14.1. The molecule has 0 saturated heterocycles. The molecule has 172 valence electrons. The highest BCUT2D eigenvalue weighted by Gasteiger charge is 2.16. The molecule has 1 amide bonds. The van der Waals surface area contributed by atoms with Crippen LogP contribution in [0.25, 0.3) is 6.08 Å². The molecular weight excluding hydrogens is 553 g/mol. The summed E-state index contributed by atoms with van der Waals surface area (Å²) in [7, 11) is 1.49. The number of nitriles is 1. The average Bonchev–Trinajstić information content (AvgIpc) is 2.83. The van der Waals surface area contributed by atoms with Crippen molar-refractivity contribution in [3.8, 4) is 23.3 Å². The minimum atomic E-state index is -0.787. The standard InChI is InChI=1S/C24H18IN3O6/c1-33-22-11-16(10-19(25)23(22)34-14-15-5-3-2-4-6-15)9-17(13-26)24(30)27-20-8-7-18(28(31)32)12-21(20)29/h2-12,29H,14H2,1H3,(H,27,30)/b17-9-. The van der Waals surface area contributed by atoms with E-state index in [0.29, 0.717) is 27.2 Å². The van der Waals surface area contributed by atoms with E-state index in [-0.39, 0.29) is 16.9 Å². The number of nitro benzene ring substituents is 1. The summed E-state index contributed by atoms with van der Waals surface area (Å²) in [6, 6.07) is 18.1. The lowest BCUT2D eigenvalue weighted by atomic mass is 10.1. The van der Waals surface area contributed by atoms with Gasteiger partial charge in [-0.05, 0) is 58.0 Å². The Morgan fingerprint density at radius 3 is 2.59 bits per heavy atom. The number of ether oxygens (including phenoxy) is 2. The van der Waals surface area contributed by atoms with E-state index in [2.05, 4.69) is 27.9 Å². The number of halogens is 1. The second-order valence-electron chi connectivity index (χ2n) is 6.89. The van der Waals surface area contributed by atoms with Crippen LogP contribution in [0.2, 0.25) is 0 Å². The fourth-order valence-electron chi connectivity index (χ4n) is 2.94. The number of phenolic OH excluding ortho intramolecular Hbond substituents is 1. The van der Waals surface area contributed by atoms with Crippen LogP contribution >= 0.6 is 22.6 Å². The Kier molecular flexibility index (Phi) is 8.05. The molecule has 0 aliphatic heterocycles. The molecule has 0 radical (unpaired) electrons. The highest BCUT2D eigenvalue weighted by Crippen LogP contribution is 2.35. The smallest absolute Gasteiger partial charge is 0.273 e. The normalized spacial score (nSPS) is 10.8. The Labute approximate surface area is 208 Å². The molecule has 0 saturated carbocycles. The zero-order valence-electron chi connectivity index (χ0n) is 17.8. The summed E-state index contributed by atoms with van der Waals surface area (Å²) < 4.78 is 12.1. The third-order valence-corrected chi connectivity index (χ3v) is 5.40. The molecule has 0 heterocycles. The van der Waals surface area contributed by atoms with Crippen LogP contribution in [0.5, 0.6) is 17.2 Å². The van der Waals surface area contributed by atoms with E-state index in [1.54, 1.807) is 12.1 Å². The number of methoxy groups -OCH3 is 1. The van der Waals surface area contributed by atoms with Gasteiger partial charge in [0.2, 0.25) is 0 Å². The van der Waals surface area contributed by atoms with Crippen LogP contribution < -0.4 is 14.8 Å². The summed E-state index contributed by atoms with van der Waals surface area (Å²) in [6.07, 6.45) is 1.36. The van der Waals surface area contributed by atoms with Crippen molar-refractivity contribution in [3.05, 3.63) is 91.0 Å². The molecule has 3 rings (SSSR count). The quantitative estimate of drug-likeness (QED) is 0.0967. The summed E-state index contributed by atoms with van der Waals surface area (Å²) >= 11 is 2.08. The molecule has 10 heteroatoms. The molecule has 0 unspecified atom stereocenters. The van der Waals surface area contributed by atoms with Gasteiger partial charge < -0.3 is 19.9 Å². The Bertz CT molecular complexity index is 1300. The molecular formula is C24H18IN3O6. The zero-order valence-corrected chi connectivity index (χ0v) is 20.0. The monoisotopic (exact) mass is 571 g/mol. The van der Waals surface area contributed by atoms with Crippen LogP contribution in [-0.2, 0) is 11.4 Å².